The van der Waals surface area contributed by atoms with Crippen molar-refractivity contribution in [3.8, 4) is 6.07 Å². The minimum absolute atomic E-state index is 0. The fourth-order valence-corrected chi connectivity index (χ4v) is 6.02. The fraction of sp³-hybridized carbons (Fsp3) is 0.457. The van der Waals surface area contributed by atoms with E-state index in [1.54, 1.807) is 10.6 Å². The lowest BCUT2D eigenvalue weighted by atomic mass is 10.0. The number of unbranched alkanes of at least 4 members (excludes halogenated alkanes) is 2. The first-order valence-electron chi connectivity index (χ1n) is 15.6. The molecule has 10 heteroatoms. The van der Waals surface area contributed by atoms with Crippen LogP contribution in [0.25, 0.3) is 21.9 Å². The van der Waals surface area contributed by atoms with Gasteiger partial charge in [0.25, 0.3) is 0 Å². The van der Waals surface area contributed by atoms with Crippen LogP contribution in [0.5, 0.6) is 0 Å². The lowest BCUT2D eigenvalue weighted by molar-refractivity contribution is 0.0543. The molecule has 240 valence electrons. The van der Waals surface area contributed by atoms with Crippen LogP contribution in [0.15, 0.2) is 47.0 Å². The maximum absolute atomic E-state index is 12.9. The minimum Gasteiger partial charge on any atom is -0.475 e. The van der Waals surface area contributed by atoms with Gasteiger partial charge >= 0.3 is 12.1 Å². The number of carbonyl (C=O) groups is 2. The summed E-state index contributed by atoms with van der Waals surface area (Å²) < 4.78 is 12.9. The van der Waals surface area contributed by atoms with Crippen molar-refractivity contribution in [1.29, 1.82) is 5.26 Å². The zero-order valence-electron chi connectivity index (χ0n) is 26.6. The van der Waals surface area contributed by atoms with Crippen molar-refractivity contribution in [2.24, 2.45) is 0 Å². The molecule has 0 aliphatic carbocycles. The molecule has 0 saturated carbocycles. The van der Waals surface area contributed by atoms with E-state index in [1.165, 1.54) is 0 Å². The van der Waals surface area contributed by atoms with Crippen molar-refractivity contribution in [2.75, 3.05) is 37.6 Å². The maximum Gasteiger partial charge on any atom is 0.419 e. The summed E-state index contributed by atoms with van der Waals surface area (Å²) >= 11 is 0. The standard InChI is InChI=1S/C35H42N4O5.ClH/c1-5-6-10-27-29-21-26(12-14-31(29)43-32(27)33(40)41)38-18-16-37(17-19-38)15-8-7-9-25-23-39(34(42)44-35(2,3)4)30-13-11-24(22-36)20-28(25)30;/h11-14,20-21,23H,5-10,15-19H2,1-4H3,(H,40,41);1H. The summed E-state index contributed by atoms with van der Waals surface area (Å²) in [5.41, 5.74) is 4.32. The molecule has 1 saturated heterocycles. The summed E-state index contributed by atoms with van der Waals surface area (Å²) in [5.74, 6) is -0.946. The van der Waals surface area contributed by atoms with E-state index in [2.05, 4.69) is 28.9 Å². The van der Waals surface area contributed by atoms with Crippen molar-refractivity contribution in [3.63, 3.8) is 0 Å². The van der Waals surface area contributed by atoms with Crippen LogP contribution in [-0.2, 0) is 17.6 Å². The predicted octanol–water partition coefficient (Wildman–Crippen LogP) is 7.65. The summed E-state index contributed by atoms with van der Waals surface area (Å²) in [6.45, 7) is 12.4. The van der Waals surface area contributed by atoms with Crippen LogP contribution in [0.1, 0.15) is 80.6 Å². The van der Waals surface area contributed by atoms with E-state index in [4.69, 9.17) is 9.15 Å². The number of benzene rings is 2. The number of nitrogens with zero attached hydrogens (tertiary/aromatic N) is 4. The topological polar surface area (TPSA) is 112 Å². The Labute approximate surface area is 270 Å². The first-order valence-corrected chi connectivity index (χ1v) is 15.6. The monoisotopic (exact) mass is 634 g/mol. The molecule has 1 aliphatic heterocycles. The first kappa shape index (κ1) is 33.9. The second-order valence-corrected chi connectivity index (χ2v) is 12.6. The van der Waals surface area contributed by atoms with Gasteiger partial charge in [0, 0.05) is 54.4 Å². The molecule has 0 amide bonds. The average Bonchev–Trinajstić information content (AvgIpc) is 3.55. The highest BCUT2D eigenvalue weighted by molar-refractivity contribution is 5.96. The number of nitriles is 1. The number of piperazine rings is 1. The van der Waals surface area contributed by atoms with E-state index in [1.807, 2.05) is 51.2 Å². The number of hydrogen-bond acceptors (Lipinski definition) is 7. The Bertz CT molecular complexity index is 1700. The van der Waals surface area contributed by atoms with Gasteiger partial charge in [0.2, 0.25) is 5.76 Å². The van der Waals surface area contributed by atoms with Crippen LogP contribution >= 0.6 is 12.4 Å². The molecule has 1 aliphatic rings. The van der Waals surface area contributed by atoms with Gasteiger partial charge in [0.05, 0.1) is 17.1 Å². The molecule has 0 atom stereocenters. The second-order valence-electron chi connectivity index (χ2n) is 12.6. The van der Waals surface area contributed by atoms with Crippen LogP contribution < -0.4 is 4.90 Å². The van der Waals surface area contributed by atoms with Gasteiger partial charge in [-0.2, -0.15) is 5.26 Å². The molecule has 0 spiro atoms. The largest absolute Gasteiger partial charge is 0.475 e. The molecule has 5 rings (SSSR count). The summed E-state index contributed by atoms with van der Waals surface area (Å²) in [7, 11) is 0. The number of anilines is 1. The van der Waals surface area contributed by atoms with Gasteiger partial charge in [-0.25, -0.2) is 9.59 Å². The van der Waals surface area contributed by atoms with E-state index < -0.39 is 17.7 Å². The van der Waals surface area contributed by atoms with Gasteiger partial charge in [0.15, 0.2) is 0 Å². The zero-order valence-corrected chi connectivity index (χ0v) is 27.4. The molecular weight excluding hydrogens is 592 g/mol. The van der Waals surface area contributed by atoms with E-state index >= 15 is 0 Å². The van der Waals surface area contributed by atoms with Crippen molar-refractivity contribution >= 4 is 52.0 Å². The smallest absolute Gasteiger partial charge is 0.419 e. The summed E-state index contributed by atoms with van der Waals surface area (Å²) in [6, 6.07) is 13.7. The van der Waals surface area contributed by atoms with E-state index in [0.717, 1.165) is 97.9 Å². The van der Waals surface area contributed by atoms with Gasteiger partial charge in [-0.1, -0.05) is 13.3 Å². The van der Waals surface area contributed by atoms with Crippen LogP contribution in [-0.4, -0.2) is 65.0 Å². The van der Waals surface area contributed by atoms with Gasteiger partial charge in [-0.3, -0.25) is 9.47 Å². The van der Waals surface area contributed by atoms with E-state index in [-0.39, 0.29) is 18.2 Å². The Kier molecular flexibility index (Phi) is 10.8. The van der Waals surface area contributed by atoms with Crippen molar-refractivity contribution < 1.29 is 23.8 Å². The molecule has 4 aromatic rings. The highest BCUT2D eigenvalue weighted by Crippen LogP contribution is 2.32. The van der Waals surface area contributed by atoms with E-state index in [0.29, 0.717) is 17.6 Å². The average molecular weight is 635 g/mol. The Morgan fingerprint density at radius 1 is 1.00 bits per heavy atom. The molecule has 2 aromatic heterocycles. The number of aromatic carboxylic acids is 1. The van der Waals surface area contributed by atoms with Crippen molar-refractivity contribution in [1.82, 2.24) is 9.47 Å². The lowest BCUT2D eigenvalue weighted by Gasteiger charge is -2.36. The molecule has 0 bridgehead atoms. The minimum atomic E-state index is -1.01. The molecule has 0 unspecified atom stereocenters. The number of carboxylic acids is 1. The molecular formula is C35H43ClN4O5. The van der Waals surface area contributed by atoms with Gasteiger partial charge < -0.3 is 19.2 Å². The summed E-state index contributed by atoms with van der Waals surface area (Å²) in [4.78, 5) is 29.5. The first-order chi connectivity index (χ1) is 21.1. The second kappa shape index (κ2) is 14.4. The van der Waals surface area contributed by atoms with Crippen molar-refractivity contribution in [3.05, 3.63) is 65.0 Å². The molecule has 9 nitrogen and oxygen atoms in total. The molecule has 1 N–H and O–H groups in total. The number of carboxylic acid groups (broad SMARTS) is 1. The van der Waals surface area contributed by atoms with E-state index in [9.17, 15) is 20.0 Å². The highest BCUT2D eigenvalue weighted by atomic mass is 35.5. The molecule has 2 aromatic carbocycles. The molecule has 0 radical (unpaired) electrons. The van der Waals surface area contributed by atoms with Gasteiger partial charge in [-0.05, 0) is 101 Å². The summed E-state index contributed by atoms with van der Waals surface area (Å²) in [6.07, 6.45) is 6.86. The molecule has 3 heterocycles. The highest BCUT2D eigenvalue weighted by Gasteiger charge is 2.23. The maximum atomic E-state index is 12.9. The predicted molar refractivity (Wildman–Crippen MR) is 179 cm³/mol. The number of fused-ring (bicyclic) bond motifs is 2. The number of aryl methyl sites for hydroxylation is 2. The number of hydrogen-bond donors (Lipinski definition) is 1. The number of carbonyl (C=O) groups excluding carboxylic acids is 1. The molecule has 1 fully saturated rings. The van der Waals surface area contributed by atoms with Gasteiger partial charge in [0.1, 0.15) is 11.2 Å². The van der Waals surface area contributed by atoms with Crippen LogP contribution in [0.2, 0.25) is 0 Å². The zero-order chi connectivity index (χ0) is 31.4. The van der Waals surface area contributed by atoms with Crippen LogP contribution in [0.4, 0.5) is 10.5 Å². The third kappa shape index (κ3) is 7.81. The Morgan fingerprint density at radius 3 is 2.42 bits per heavy atom. The molecule has 45 heavy (non-hydrogen) atoms. The Hall–Kier alpha value is -4.00. The SMILES string of the molecule is CCCCc1c(C(=O)O)oc2ccc(N3CCN(CCCCc4cn(C(=O)OC(C)(C)C)c5ccc(C#N)cc45)CC3)cc12.Cl. The Morgan fingerprint density at radius 2 is 1.76 bits per heavy atom. The quantitative estimate of drug-likeness (QED) is 0.177. The summed E-state index contributed by atoms with van der Waals surface area (Å²) in [5, 5.41) is 20.9. The third-order valence-electron chi connectivity index (χ3n) is 8.26. The third-order valence-corrected chi connectivity index (χ3v) is 8.26. The number of furan rings is 1. The van der Waals surface area contributed by atoms with Crippen LogP contribution in [0.3, 0.4) is 0 Å². The van der Waals surface area contributed by atoms with Crippen LogP contribution in [0, 0.1) is 11.3 Å². The fourth-order valence-electron chi connectivity index (χ4n) is 6.02. The number of aromatic nitrogens is 1. The van der Waals surface area contributed by atoms with Gasteiger partial charge in [-0.15, -0.1) is 12.4 Å². The lowest BCUT2D eigenvalue weighted by Crippen LogP contribution is -2.46. The normalized spacial score (nSPS) is 14.0. The van der Waals surface area contributed by atoms with Crippen molar-refractivity contribution in [2.45, 2.75) is 71.8 Å². The number of rotatable bonds is 10. The number of halogens is 1. The Balaban J connectivity index is 0.00000461. The number of ether oxygens (including phenoxy) is 1.